The molecule has 1 fully saturated rings. The molecule has 2 heteroatoms. The van der Waals surface area contributed by atoms with E-state index in [1.165, 1.54) is 35.8 Å². The van der Waals surface area contributed by atoms with Gasteiger partial charge >= 0.3 is 0 Å². The van der Waals surface area contributed by atoms with Gasteiger partial charge in [-0.3, -0.25) is 0 Å². The Hall–Kier alpha value is -0.600. The quantitative estimate of drug-likeness (QED) is 0.730. The zero-order valence-electron chi connectivity index (χ0n) is 13.1. The fourth-order valence-electron chi connectivity index (χ4n) is 4.47. The number of halogens is 1. The van der Waals surface area contributed by atoms with Crippen molar-refractivity contribution in [1.29, 1.82) is 0 Å². The van der Waals surface area contributed by atoms with Crippen molar-refractivity contribution >= 4 is 15.9 Å². The second-order valence-corrected chi connectivity index (χ2v) is 7.92. The Morgan fingerprint density at radius 3 is 2.90 bits per heavy atom. The van der Waals surface area contributed by atoms with Crippen LogP contribution in [-0.2, 0) is 0 Å². The molecular weight excluding hydrogens is 322 g/mol. The molecule has 0 aromatic heterocycles. The molecule has 4 atom stereocenters. The van der Waals surface area contributed by atoms with E-state index in [9.17, 15) is 0 Å². The van der Waals surface area contributed by atoms with Gasteiger partial charge in [0.25, 0.3) is 0 Å². The largest absolute Gasteiger partial charge is 0.316 e. The van der Waals surface area contributed by atoms with E-state index in [0.717, 1.165) is 24.3 Å². The monoisotopic (exact) mass is 347 g/mol. The van der Waals surface area contributed by atoms with E-state index in [0.29, 0.717) is 5.92 Å². The van der Waals surface area contributed by atoms with Crippen molar-refractivity contribution in [1.82, 2.24) is 5.32 Å². The van der Waals surface area contributed by atoms with Gasteiger partial charge in [-0.05, 0) is 74.1 Å². The van der Waals surface area contributed by atoms with Crippen molar-refractivity contribution in [3.63, 3.8) is 0 Å². The summed E-state index contributed by atoms with van der Waals surface area (Å²) >= 11 is 3.63. The van der Waals surface area contributed by atoms with Crippen LogP contribution < -0.4 is 5.32 Å². The minimum absolute atomic E-state index is 0.666. The van der Waals surface area contributed by atoms with Gasteiger partial charge in [0.05, 0.1) is 0 Å². The molecule has 0 bridgehead atoms. The van der Waals surface area contributed by atoms with E-state index >= 15 is 0 Å². The lowest BCUT2D eigenvalue weighted by molar-refractivity contribution is 0.194. The van der Waals surface area contributed by atoms with Gasteiger partial charge in [-0.1, -0.05) is 46.6 Å². The van der Waals surface area contributed by atoms with Crippen molar-refractivity contribution < 1.29 is 0 Å². The van der Waals surface area contributed by atoms with Gasteiger partial charge in [0.2, 0.25) is 0 Å². The number of benzene rings is 1. The molecule has 4 unspecified atom stereocenters. The Bertz CT molecular complexity index is 522. The van der Waals surface area contributed by atoms with Crippen LogP contribution in [0, 0.1) is 17.8 Å². The lowest BCUT2D eigenvalue weighted by atomic mass is 9.68. The topological polar surface area (TPSA) is 12.0 Å². The number of hydrogen-bond acceptors (Lipinski definition) is 1. The standard InChI is InChI=1S/C19H26BrN/c1-13-8-14(2)10-16(9-13)18-6-7-21-12-19(18)15-4-3-5-17(20)11-15/h3-5,8,11,13,16,18-19,21H,6-7,9-10,12H2,1-2H3. The van der Waals surface area contributed by atoms with E-state index in [2.05, 4.69) is 65.4 Å². The van der Waals surface area contributed by atoms with Crippen LogP contribution >= 0.6 is 15.9 Å². The van der Waals surface area contributed by atoms with E-state index in [-0.39, 0.29) is 0 Å². The van der Waals surface area contributed by atoms with Crippen molar-refractivity contribution in [2.75, 3.05) is 13.1 Å². The first-order chi connectivity index (χ1) is 10.1. The second kappa shape index (κ2) is 6.66. The highest BCUT2D eigenvalue weighted by molar-refractivity contribution is 9.10. The molecule has 0 saturated carbocycles. The van der Waals surface area contributed by atoms with Gasteiger partial charge in [0.1, 0.15) is 0 Å². The molecule has 1 nitrogen and oxygen atoms in total. The number of piperidine rings is 1. The summed E-state index contributed by atoms with van der Waals surface area (Å²) in [5, 5.41) is 3.61. The third kappa shape index (κ3) is 3.60. The molecule has 0 radical (unpaired) electrons. The molecule has 1 saturated heterocycles. The maximum Gasteiger partial charge on any atom is 0.0178 e. The smallest absolute Gasteiger partial charge is 0.0178 e. The van der Waals surface area contributed by atoms with Crippen LogP contribution in [0.5, 0.6) is 0 Å². The minimum Gasteiger partial charge on any atom is -0.316 e. The van der Waals surface area contributed by atoms with Crippen LogP contribution in [0.25, 0.3) is 0 Å². The third-order valence-electron chi connectivity index (χ3n) is 5.25. The zero-order chi connectivity index (χ0) is 14.8. The number of hydrogen-bond donors (Lipinski definition) is 1. The number of rotatable bonds is 2. The molecule has 1 aliphatic heterocycles. The van der Waals surface area contributed by atoms with Gasteiger partial charge in [-0.25, -0.2) is 0 Å². The summed E-state index contributed by atoms with van der Waals surface area (Å²) in [5.74, 6) is 3.10. The Balaban J connectivity index is 1.83. The fourth-order valence-corrected chi connectivity index (χ4v) is 4.88. The van der Waals surface area contributed by atoms with Crippen molar-refractivity contribution in [3.05, 3.63) is 46.0 Å². The number of allylic oxidation sites excluding steroid dienone is 2. The highest BCUT2D eigenvalue weighted by atomic mass is 79.9. The van der Waals surface area contributed by atoms with E-state index in [1.54, 1.807) is 5.57 Å². The summed E-state index contributed by atoms with van der Waals surface area (Å²) in [6, 6.07) is 8.94. The molecule has 1 heterocycles. The predicted octanol–water partition coefficient (Wildman–Crippen LogP) is 5.13. The molecule has 2 aliphatic rings. The fraction of sp³-hybridized carbons (Fsp3) is 0.579. The summed E-state index contributed by atoms with van der Waals surface area (Å²) in [4.78, 5) is 0. The molecule has 1 aromatic carbocycles. The molecule has 0 amide bonds. The molecule has 21 heavy (non-hydrogen) atoms. The maximum absolute atomic E-state index is 3.63. The predicted molar refractivity (Wildman–Crippen MR) is 93.5 cm³/mol. The average Bonchev–Trinajstić information content (AvgIpc) is 2.46. The number of nitrogens with one attached hydrogen (secondary N) is 1. The van der Waals surface area contributed by atoms with Gasteiger partial charge in [-0.2, -0.15) is 0 Å². The van der Waals surface area contributed by atoms with Crippen molar-refractivity contribution in [2.24, 2.45) is 17.8 Å². The van der Waals surface area contributed by atoms with Crippen molar-refractivity contribution in [3.8, 4) is 0 Å². The molecule has 114 valence electrons. The molecule has 0 spiro atoms. The Morgan fingerprint density at radius 2 is 2.14 bits per heavy atom. The minimum atomic E-state index is 0.666. The van der Waals surface area contributed by atoms with E-state index in [4.69, 9.17) is 0 Å². The summed E-state index contributed by atoms with van der Waals surface area (Å²) < 4.78 is 1.21. The van der Waals surface area contributed by atoms with Crippen LogP contribution in [0.2, 0.25) is 0 Å². The normalized spacial score (nSPS) is 33.6. The van der Waals surface area contributed by atoms with Gasteiger partial charge in [-0.15, -0.1) is 0 Å². The van der Waals surface area contributed by atoms with E-state index < -0.39 is 0 Å². The first-order valence-corrected chi connectivity index (χ1v) is 9.06. The SMILES string of the molecule is CC1=CC(C)CC(C2CCNCC2c2cccc(Br)c2)C1. The van der Waals surface area contributed by atoms with Crippen LogP contribution in [-0.4, -0.2) is 13.1 Å². The van der Waals surface area contributed by atoms with Gasteiger partial charge in [0.15, 0.2) is 0 Å². The summed E-state index contributed by atoms with van der Waals surface area (Å²) in [7, 11) is 0. The highest BCUT2D eigenvalue weighted by Gasteiger charge is 2.34. The zero-order valence-corrected chi connectivity index (χ0v) is 14.7. The molecule has 1 aromatic rings. The first kappa shape index (κ1) is 15.3. The van der Waals surface area contributed by atoms with Gasteiger partial charge in [0, 0.05) is 11.0 Å². The van der Waals surface area contributed by atoms with Crippen LogP contribution in [0.1, 0.15) is 44.6 Å². The maximum atomic E-state index is 3.63. The average molecular weight is 348 g/mol. The Morgan fingerprint density at radius 1 is 1.29 bits per heavy atom. The first-order valence-electron chi connectivity index (χ1n) is 8.27. The molecule has 1 N–H and O–H groups in total. The molecule has 1 aliphatic carbocycles. The molecular formula is C19H26BrN. The molecule has 3 rings (SSSR count). The lowest BCUT2D eigenvalue weighted by Gasteiger charge is -2.40. The summed E-state index contributed by atoms with van der Waals surface area (Å²) in [5.41, 5.74) is 3.10. The second-order valence-electron chi connectivity index (χ2n) is 7.01. The highest BCUT2D eigenvalue weighted by Crippen LogP contribution is 2.42. The van der Waals surface area contributed by atoms with Crippen LogP contribution in [0.3, 0.4) is 0 Å². The van der Waals surface area contributed by atoms with Crippen LogP contribution in [0.15, 0.2) is 40.4 Å². The van der Waals surface area contributed by atoms with E-state index in [1.807, 2.05) is 0 Å². The van der Waals surface area contributed by atoms with Gasteiger partial charge < -0.3 is 5.32 Å². The lowest BCUT2D eigenvalue weighted by Crippen LogP contribution is -2.39. The Kier molecular flexibility index (Phi) is 4.85. The Labute approximate surface area is 137 Å². The van der Waals surface area contributed by atoms with Crippen molar-refractivity contribution in [2.45, 2.75) is 39.0 Å². The summed E-state index contributed by atoms with van der Waals surface area (Å²) in [6.45, 7) is 7.01. The summed E-state index contributed by atoms with van der Waals surface area (Å²) in [6.07, 6.45) is 6.47. The third-order valence-corrected chi connectivity index (χ3v) is 5.74. The van der Waals surface area contributed by atoms with Crippen LogP contribution in [0.4, 0.5) is 0 Å².